The van der Waals surface area contributed by atoms with Gasteiger partial charge < -0.3 is 9.84 Å². The third-order valence-corrected chi connectivity index (χ3v) is 2.25. The number of aromatic carboxylic acids is 1. The third kappa shape index (κ3) is 2.33. The lowest BCUT2D eigenvalue weighted by Gasteiger charge is -2.07. The zero-order valence-corrected chi connectivity index (χ0v) is 8.41. The molecule has 0 aliphatic rings. The summed E-state index contributed by atoms with van der Waals surface area (Å²) in [5.74, 6) is -0.873. The average Bonchev–Trinajstić information content (AvgIpc) is 2.16. The molecule has 76 valence electrons. The van der Waals surface area contributed by atoms with Crippen molar-refractivity contribution in [1.82, 2.24) is 0 Å². The van der Waals surface area contributed by atoms with Gasteiger partial charge in [-0.05, 0) is 30.5 Å². The molecule has 0 aliphatic carbocycles. The Kier molecular flexibility index (Phi) is 3.65. The van der Waals surface area contributed by atoms with Crippen LogP contribution in [0.4, 0.5) is 0 Å². The van der Waals surface area contributed by atoms with Crippen LogP contribution in [0.2, 0.25) is 0 Å². The van der Waals surface area contributed by atoms with Crippen LogP contribution in [0.1, 0.15) is 21.5 Å². The van der Waals surface area contributed by atoms with Crippen LogP contribution >= 0.6 is 0 Å². The average molecular weight is 194 g/mol. The maximum absolute atomic E-state index is 10.8. The first-order valence-electron chi connectivity index (χ1n) is 4.47. The maximum atomic E-state index is 10.8. The zero-order valence-electron chi connectivity index (χ0n) is 8.41. The van der Waals surface area contributed by atoms with Gasteiger partial charge in [0, 0.05) is 7.11 Å². The van der Waals surface area contributed by atoms with Gasteiger partial charge in [-0.25, -0.2) is 4.79 Å². The number of rotatable bonds is 4. The predicted octanol–water partition coefficient (Wildman–Crippen LogP) is 1.88. The Morgan fingerprint density at radius 1 is 1.50 bits per heavy atom. The summed E-state index contributed by atoms with van der Waals surface area (Å²) in [6.45, 7) is 2.44. The van der Waals surface area contributed by atoms with Crippen LogP contribution < -0.4 is 0 Å². The van der Waals surface area contributed by atoms with E-state index in [9.17, 15) is 4.79 Å². The molecule has 0 bridgehead atoms. The molecule has 0 heterocycles. The minimum absolute atomic E-state index is 0.374. The highest BCUT2D eigenvalue weighted by Gasteiger charge is 2.09. The fraction of sp³-hybridized carbons (Fsp3) is 0.364. The van der Waals surface area contributed by atoms with Gasteiger partial charge in [-0.1, -0.05) is 12.1 Å². The first kappa shape index (κ1) is 10.7. The van der Waals surface area contributed by atoms with Gasteiger partial charge in [-0.3, -0.25) is 0 Å². The van der Waals surface area contributed by atoms with Crippen LogP contribution in [0.5, 0.6) is 0 Å². The number of carboxylic acids is 1. The number of methoxy groups -OCH3 is 1. The van der Waals surface area contributed by atoms with Gasteiger partial charge in [0.15, 0.2) is 0 Å². The normalized spacial score (nSPS) is 10.1. The summed E-state index contributed by atoms with van der Waals surface area (Å²) < 4.78 is 4.95. The molecule has 3 nitrogen and oxygen atoms in total. The van der Waals surface area contributed by atoms with E-state index in [0.29, 0.717) is 12.2 Å². The van der Waals surface area contributed by atoms with E-state index in [1.54, 1.807) is 19.2 Å². The molecule has 1 rings (SSSR count). The molecular formula is C11H14O3. The highest BCUT2D eigenvalue weighted by molar-refractivity contribution is 5.89. The molecule has 0 fully saturated rings. The molecule has 0 amide bonds. The van der Waals surface area contributed by atoms with Gasteiger partial charge in [0.2, 0.25) is 0 Å². The second kappa shape index (κ2) is 4.77. The van der Waals surface area contributed by atoms with Gasteiger partial charge in [-0.2, -0.15) is 0 Å². The zero-order chi connectivity index (χ0) is 10.6. The monoisotopic (exact) mass is 194 g/mol. The number of hydrogen-bond donors (Lipinski definition) is 1. The number of carboxylic acid groups (broad SMARTS) is 1. The summed E-state index contributed by atoms with van der Waals surface area (Å²) in [6, 6.07) is 5.32. The molecule has 3 heteroatoms. The molecule has 0 unspecified atom stereocenters. The molecule has 0 spiro atoms. The van der Waals surface area contributed by atoms with Gasteiger partial charge in [0.05, 0.1) is 12.2 Å². The quantitative estimate of drug-likeness (QED) is 0.796. The van der Waals surface area contributed by atoms with Crippen LogP contribution in [0.15, 0.2) is 18.2 Å². The van der Waals surface area contributed by atoms with E-state index in [1.165, 1.54) is 0 Å². The van der Waals surface area contributed by atoms with E-state index < -0.39 is 5.97 Å². The van der Waals surface area contributed by atoms with Crippen molar-refractivity contribution in [1.29, 1.82) is 0 Å². The second-order valence-corrected chi connectivity index (χ2v) is 3.14. The molecule has 0 saturated heterocycles. The van der Waals surface area contributed by atoms with Gasteiger partial charge in [-0.15, -0.1) is 0 Å². The molecule has 0 aliphatic heterocycles. The lowest BCUT2D eigenvalue weighted by atomic mass is 10.0. The van der Waals surface area contributed by atoms with Crippen LogP contribution in [-0.2, 0) is 11.2 Å². The van der Waals surface area contributed by atoms with E-state index in [0.717, 1.165) is 17.5 Å². The van der Waals surface area contributed by atoms with E-state index in [1.807, 2.05) is 13.0 Å². The predicted molar refractivity (Wildman–Crippen MR) is 53.7 cm³/mol. The van der Waals surface area contributed by atoms with Crippen LogP contribution in [0.25, 0.3) is 0 Å². The SMILES string of the molecule is COCCc1cccc(C(=O)O)c1C. The Bertz CT molecular complexity index is 331. The number of ether oxygens (including phenoxy) is 1. The summed E-state index contributed by atoms with van der Waals surface area (Å²) in [7, 11) is 1.64. The fourth-order valence-corrected chi connectivity index (χ4v) is 1.40. The Hall–Kier alpha value is -1.35. The Morgan fingerprint density at radius 2 is 2.21 bits per heavy atom. The molecule has 14 heavy (non-hydrogen) atoms. The van der Waals surface area contributed by atoms with Crippen LogP contribution in [-0.4, -0.2) is 24.8 Å². The molecule has 1 aromatic rings. The number of carbonyl (C=O) groups is 1. The van der Waals surface area contributed by atoms with Crippen molar-refractivity contribution in [3.63, 3.8) is 0 Å². The van der Waals surface area contributed by atoms with Crippen molar-refractivity contribution < 1.29 is 14.6 Å². The molecule has 1 N–H and O–H groups in total. The minimum atomic E-state index is -0.873. The Balaban J connectivity index is 2.95. The Labute approximate surface area is 83.3 Å². The van der Waals surface area contributed by atoms with Crippen molar-refractivity contribution in [2.75, 3.05) is 13.7 Å². The maximum Gasteiger partial charge on any atom is 0.335 e. The Morgan fingerprint density at radius 3 is 2.79 bits per heavy atom. The molecule has 0 radical (unpaired) electrons. The largest absolute Gasteiger partial charge is 0.478 e. The summed E-state index contributed by atoms with van der Waals surface area (Å²) in [6.07, 6.45) is 0.753. The molecule has 0 saturated carbocycles. The fourth-order valence-electron chi connectivity index (χ4n) is 1.40. The van der Waals surface area contributed by atoms with Gasteiger partial charge >= 0.3 is 5.97 Å². The van der Waals surface area contributed by atoms with Gasteiger partial charge in [0.25, 0.3) is 0 Å². The van der Waals surface area contributed by atoms with E-state index >= 15 is 0 Å². The van der Waals surface area contributed by atoms with Crippen molar-refractivity contribution in [3.05, 3.63) is 34.9 Å². The summed E-state index contributed by atoms with van der Waals surface area (Å²) in [4.78, 5) is 10.8. The van der Waals surface area contributed by atoms with Crippen molar-refractivity contribution in [2.45, 2.75) is 13.3 Å². The van der Waals surface area contributed by atoms with E-state index in [-0.39, 0.29) is 0 Å². The lowest BCUT2D eigenvalue weighted by Crippen LogP contribution is -2.04. The molecule has 1 aromatic carbocycles. The van der Waals surface area contributed by atoms with Crippen LogP contribution in [0, 0.1) is 6.92 Å². The second-order valence-electron chi connectivity index (χ2n) is 3.14. The van der Waals surface area contributed by atoms with Crippen LogP contribution in [0.3, 0.4) is 0 Å². The molecular weight excluding hydrogens is 180 g/mol. The number of hydrogen-bond acceptors (Lipinski definition) is 2. The molecule has 0 atom stereocenters. The number of benzene rings is 1. The van der Waals surface area contributed by atoms with Gasteiger partial charge in [0.1, 0.15) is 0 Å². The smallest absolute Gasteiger partial charge is 0.335 e. The minimum Gasteiger partial charge on any atom is -0.478 e. The first-order valence-corrected chi connectivity index (χ1v) is 4.47. The lowest BCUT2D eigenvalue weighted by molar-refractivity contribution is 0.0696. The van der Waals surface area contributed by atoms with Crippen molar-refractivity contribution in [2.24, 2.45) is 0 Å². The van der Waals surface area contributed by atoms with Crippen molar-refractivity contribution in [3.8, 4) is 0 Å². The summed E-state index contributed by atoms with van der Waals surface area (Å²) in [5.41, 5.74) is 2.24. The topological polar surface area (TPSA) is 46.5 Å². The highest BCUT2D eigenvalue weighted by Crippen LogP contribution is 2.14. The third-order valence-electron chi connectivity index (χ3n) is 2.25. The van der Waals surface area contributed by atoms with E-state index in [4.69, 9.17) is 9.84 Å². The molecule has 0 aromatic heterocycles. The summed E-state index contributed by atoms with van der Waals surface area (Å²) >= 11 is 0. The highest BCUT2D eigenvalue weighted by atomic mass is 16.5. The van der Waals surface area contributed by atoms with Crippen molar-refractivity contribution >= 4 is 5.97 Å². The van der Waals surface area contributed by atoms with E-state index in [2.05, 4.69) is 0 Å². The first-order chi connectivity index (χ1) is 6.66. The standard InChI is InChI=1S/C11H14O3/c1-8-9(6-7-14-2)4-3-5-10(8)11(12)13/h3-5H,6-7H2,1-2H3,(H,12,13). The summed E-state index contributed by atoms with van der Waals surface area (Å²) in [5, 5.41) is 8.88.